The van der Waals surface area contributed by atoms with Crippen molar-refractivity contribution >= 4 is 39.4 Å². The van der Waals surface area contributed by atoms with Crippen LogP contribution in [0.5, 0.6) is 11.5 Å². The second-order valence-corrected chi connectivity index (χ2v) is 7.47. The van der Waals surface area contributed by atoms with Crippen molar-refractivity contribution < 1.29 is 14.3 Å². The lowest BCUT2D eigenvalue weighted by atomic mass is 10.1. The van der Waals surface area contributed by atoms with E-state index < -0.39 is 0 Å². The molecule has 0 fully saturated rings. The van der Waals surface area contributed by atoms with E-state index >= 15 is 0 Å². The molecule has 0 saturated heterocycles. The molecule has 4 rings (SSSR count). The first kappa shape index (κ1) is 19.9. The van der Waals surface area contributed by atoms with E-state index in [4.69, 9.17) is 14.5 Å². The molecule has 0 atom stereocenters. The van der Waals surface area contributed by atoms with Gasteiger partial charge >= 0.3 is 0 Å². The van der Waals surface area contributed by atoms with Gasteiger partial charge in [-0.1, -0.05) is 34.1 Å². The minimum absolute atomic E-state index is 0.200. The molecular formula is C24H19BrN2O3. The number of nitrogens with zero attached hydrogens (tertiary/aromatic N) is 2. The van der Waals surface area contributed by atoms with Crippen LogP contribution in [-0.2, 0) is 4.79 Å². The smallest absolute Gasteiger partial charge is 0.282 e. The molecule has 0 saturated carbocycles. The van der Waals surface area contributed by atoms with E-state index in [2.05, 4.69) is 15.9 Å². The third-order valence-corrected chi connectivity index (χ3v) is 5.25. The molecule has 3 aromatic carbocycles. The summed E-state index contributed by atoms with van der Waals surface area (Å²) in [7, 11) is 3.22. The molecule has 0 bridgehead atoms. The molecule has 1 amide bonds. The van der Waals surface area contributed by atoms with Crippen molar-refractivity contribution in [2.75, 3.05) is 19.1 Å². The van der Waals surface area contributed by atoms with E-state index in [9.17, 15) is 4.79 Å². The summed E-state index contributed by atoms with van der Waals surface area (Å²) in [5.41, 5.74) is 2.68. The standard InChI is InChI=1S/C24H19BrN2O3/c1-29-20-13-7-16(8-14-20)23-26-21(15-17-5-3-4-6-22(17)30-2)24(28)27(23)19-11-9-18(25)10-12-19/h3-15H,1-2H3/b21-15+. The molecule has 0 N–H and O–H groups in total. The Labute approximate surface area is 183 Å². The Kier molecular flexibility index (Phi) is 5.68. The normalized spacial score (nSPS) is 14.8. The van der Waals surface area contributed by atoms with Crippen molar-refractivity contribution in [2.45, 2.75) is 0 Å². The van der Waals surface area contributed by atoms with Gasteiger partial charge in [0.1, 0.15) is 23.0 Å². The topological polar surface area (TPSA) is 51.1 Å². The fourth-order valence-electron chi connectivity index (χ4n) is 3.21. The Morgan fingerprint density at radius 3 is 2.27 bits per heavy atom. The maximum absolute atomic E-state index is 13.4. The number of carbonyl (C=O) groups is 1. The molecule has 150 valence electrons. The number of aliphatic imine (C=N–C) groups is 1. The van der Waals surface area contributed by atoms with Crippen molar-refractivity contribution in [3.05, 3.63) is 94.1 Å². The van der Waals surface area contributed by atoms with E-state index in [0.29, 0.717) is 17.3 Å². The fourth-order valence-corrected chi connectivity index (χ4v) is 3.48. The third-order valence-electron chi connectivity index (χ3n) is 4.72. The first-order valence-corrected chi connectivity index (χ1v) is 10.1. The predicted molar refractivity (Wildman–Crippen MR) is 122 cm³/mol. The summed E-state index contributed by atoms with van der Waals surface area (Å²) >= 11 is 3.44. The molecule has 3 aromatic rings. The number of halogens is 1. The Hall–Kier alpha value is -3.38. The number of amidine groups is 1. The van der Waals surface area contributed by atoms with E-state index in [1.54, 1.807) is 25.2 Å². The lowest BCUT2D eigenvalue weighted by Crippen LogP contribution is -2.32. The van der Waals surface area contributed by atoms with Crippen LogP contribution >= 0.6 is 15.9 Å². The second kappa shape index (κ2) is 8.55. The van der Waals surface area contributed by atoms with E-state index in [1.807, 2.05) is 72.8 Å². The summed E-state index contributed by atoms with van der Waals surface area (Å²) in [5, 5.41) is 0. The molecule has 0 spiro atoms. The van der Waals surface area contributed by atoms with Crippen LogP contribution in [0.4, 0.5) is 5.69 Å². The minimum atomic E-state index is -0.200. The predicted octanol–water partition coefficient (Wildman–Crippen LogP) is 5.30. The van der Waals surface area contributed by atoms with Crippen LogP contribution in [0.2, 0.25) is 0 Å². The number of hydrogen-bond donors (Lipinski definition) is 0. The largest absolute Gasteiger partial charge is 0.497 e. The molecule has 30 heavy (non-hydrogen) atoms. The lowest BCUT2D eigenvalue weighted by Gasteiger charge is -2.18. The van der Waals surface area contributed by atoms with Crippen LogP contribution in [0.25, 0.3) is 6.08 Å². The molecule has 0 aliphatic carbocycles. The van der Waals surface area contributed by atoms with Crippen LogP contribution < -0.4 is 14.4 Å². The first-order chi connectivity index (χ1) is 14.6. The number of para-hydroxylation sites is 1. The maximum atomic E-state index is 13.4. The highest BCUT2D eigenvalue weighted by Gasteiger charge is 2.32. The monoisotopic (exact) mass is 462 g/mol. The van der Waals surface area contributed by atoms with Crippen molar-refractivity contribution in [3.63, 3.8) is 0 Å². The zero-order chi connectivity index (χ0) is 21.1. The summed E-state index contributed by atoms with van der Waals surface area (Å²) in [6, 6.07) is 22.6. The molecule has 0 unspecified atom stereocenters. The second-order valence-electron chi connectivity index (χ2n) is 6.55. The van der Waals surface area contributed by atoms with Crippen molar-refractivity contribution in [1.29, 1.82) is 0 Å². The molecule has 0 aromatic heterocycles. The summed E-state index contributed by atoms with van der Waals surface area (Å²) in [6.45, 7) is 0. The maximum Gasteiger partial charge on any atom is 0.282 e. The van der Waals surface area contributed by atoms with Gasteiger partial charge < -0.3 is 9.47 Å². The van der Waals surface area contributed by atoms with Gasteiger partial charge in [-0.3, -0.25) is 9.69 Å². The number of ether oxygens (including phenoxy) is 2. The van der Waals surface area contributed by atoms with E-state index in [0.717, 1.165) is 27.0 Å². The summed E-state index contributed by atoms with van der Waals surface area (Å²) in [5.74, 6) is 1.78. The Bertz CT molecular complexity index is 1140. The molecule has 1 aliphatic heterocycles. The average Bonchev–Trinajstić information content (AvgIpc) is 3.11. The fraction of sp³-hybridized carbons (Fsp3) is 0.0833. The summed E-state index contributed by atoms with van der Waals surface area (Å²) in [6.07, 6.45) is 1.75. The minimum Gasteiger partial charge on any atom is -0.497 e. The lowest BCUT2D eigenvalue weighted by molar-refractivity contribution is -0.113. The number of carbonyl (C=O) groups excluding carboxylic acids is 1. The van der Waals surface area contributed by atoms with Crippen LogP contribution in [0, 0.1) is 0 Å². The van der Waals surface area contributed by atoms with Gasteiger partial charge in [-0.05, 0) is 60.7 Å². The highest BCUT2D eigenvalue weighted by molar-refractivity contribution is 9.10. The quantitative estimate of drug-likeness (QED) is 0.483. The van der Waals surface area contributed by atoms with Gasteiger partial charge in [0.15, 0.2) is 0 Å². The van der Waals surface area contributed by atoms with Crippen LogP contribution in [0.15, 0.2) is 88.0 Å². The average molecular weight is 463 g/mol. The molecule has 1 heterocycles. The van der Waals surface area contributed by atoms with E-state index in [-0.39, 0.29) is 5.91 Å². The number of amides is 1. The first-order valence-electron chi connectivity index (χ1n) is 9.28. The highest BCUT2D eigenvalue weighted by Crippen LogP contribution is 2.30. The summed E-state index contributed by atoms with van der Waals surface area (Å²) in [4.78, 5) is 19.7. The van der Waals surface area contributed by atoms with Crippen LogP contribution in [0.3, 0.4) is 0 Å². The van der Waals surface area contributed by atoms with Gasteiger partial charge in [-0.25, -0.2) is 4.99 Å². The number of benzene rings is 3. The van der Waals surface area contributed by atoms with E-state index in [1.165, 1.54) is 0 Å². The van der Waals surface area contributed by atoms with Gasteiger partial charge in [0.05, 0.1) is 19.9 Å². The van der Waals surface area contributed by atoms with Crippen molar-refractivity contribution in [3.8, 4) is 11.5 Å². The van der Waals surface area contributed by atoms with Crippen LogP contribution in [-0.4, -0.2) is 26.0 Å². The van der Waals surface area contributed by atoms with Crippen LogP contribution in [0.1, 0.15) is 11.1 Å². The van der Waals surface area contributed by atoms with Crippen molar-refractivity contribution in [1.82, 2.24) is 0 Å². The number of rotatable bonds is 5. The Balaban J connectivity index is 1.82. The van der Waals surface area contributed by atoms with Crippen molar-refractivity contribution in [2.24, 2.45) is 4.99 Å². The zero-order valence-electron chi connectivity index (χ0n) is 16.5. The highest BCUT2D eigenvalue weighted by atomic mass is 79.9. The molecular weight excluding hydrogens is 444 g/mol. The molecule has 6 heteroatoms. The number of hydrogen-bond acceptors (Lipinski definition) is 4. The van der Waals surface area contributed by atoms with Gasteiger partial charge in [0.25, 0.3) is 5.91 Å². The summed E-state index contributed by atoms with van der Waals surface area (Å²) < 4.78 is 11.6. The van der Waals surface area contributed by atoms with Gasteiger partial charge in [-0.2, -0.15) is 0 Å². The van der Waals surface area contributed by atoms with Gasteiger partial charge in [-0.15, -0.1) is 0 Å². The molecule has 1 aliphatic rings. The third kappa shape index (κ3) is 3.86. The number of methoxy groups -OCH3 is 2. The Morgan fingerprint density at radius 2 is 1.60 bits per heavy atom. The number of anilines is 1. The van der Waals surface area contributed by atoms with Gasteiger partial charge in [0.2, 0.25) is 0 Å². The Morgan fingerprint density at radius 1 is 0.900 bits per heavy atom. The van der Waals surface area contributed by atoms with Gasteiger partial charge in [0, 0.05) is 15.6 Å². The SMILES string of the molecule is COc1ccc(C2=N/C(=C/c3ccccc3OC)C(=O)N2c2ccc(Br)cc2)cc1. The molecule has 5 nitrogen and oxygen atoms in total. The zero-order valence-corrected chi connectivity index (χ0v) is 18.1. The molecule has 0 radical (unpaired) electrons.